The highest BCUT2D eigenvalue weighted by atomic mass is 19.3. The van der Waals surface area contributed by atoms with Crippen LogP contribution in [0.25, 0.3) is 17.0 Å². The van der Waals surface area contributed by atoms with Gasteiger partial charge in [0.25, 0.3) is 6.43 Å². The maximum Gasteiger partial charge on any atom is 0.296 e. The molecule has 0 radical (unpaired) electrons. The number of piperazine rings is 1. The van der Waals surface area contributed by atoms with Crippen molar-refractivity contribution in [2.45, 2.75) is 18.9 Å². The van der Waals surface area contributed by atoms with Crippen molar-refractivity contribution in [3.05, 3.63) is 66.0 Å². The third-order valence-electron chi connectivity index (χ3n) is 7.41. The van der Waals surface area contributed by atoms with Crippen LogP contribution < -0.4 is 15.5 Å². The van der Waals surface area contributed by atoms with Crippen molar-refractivity contribution in [2.24, 2.45) is 5.73 Å². The summed E-state index contributed by atoms with van der Waals surface area (Å²) >= 11 is 0. The largest absolute Gasteiger partial charge is 0.378 e. The summed E-state index contributed by atoms with van der Waals surface area (Å²) in [6, 6.07) is 16.1. The quantitative estimate of drug-likeness (QED) is 0.362. The highest BCUT2D eigenvalue weighted by molar-refractivity contribution is 5.78. The molecule has 0 aliphatic carbocycles. The number of hydrogen-bond acceptors (Lipinski definition) is 9. The third kappa shape index (κ3) is 5.68. The second-order valence-electron chi connectivity index (χ2n) is 10.0. The van der Waals surface area contributed by atoms with E-state index in [-0.39, 0.29) is 24.3 Å². The lowest BCUT2D eigenvalue weighted by Gasteiger charge is -2.36. The van der Waals surface area contributed by atoms with E-state index < -0.39 is 12.2 Å². The van der Waals surface area contributed by atoms with Gasteiger partial charge in [-0.25, -0.2) is 13.8 Å². The van der Waals surface area contributed by atoms with Crippen molar-refractivity contribution in [3.63, 3.8) is 0 Å². The SMILES string of the molecule is N[C@@H](CC(=O)N1CCN(c2nc(N3CCOCC3)nc(-n3c(C(F)F)nc4ccccc43)n2)CC1)c1ccccc1. The maximum absolute atomic E-state index is 14.1. The molecular formula is C28H31F2N9O2. The summed E-state index contributed by atoms with van der Waals surface area (Å²) < 4.78 is 35.1. The Morgan fingerprint density at radius 1 is 0.805 bits per heavy atom. The molecule has 2 aliphatic rings. The Hall–Kier alpha value is -4.23. The monoisotopic (exact) mass is 563 g/mol. The summed E-state index contributed by atoms with van der Waals surface area (Å²) in [6.45, 7) is 4.04. The number of ether oxygens (including phenoxy) is 1. The molecule has 2 aromatic carbocycles. The molecule has 1 amide bonds. The lowest BCUT2D eigenvalue weighted by Crippen LogP contribution is -2.50. The normalized spacial score (nSPS) is 16.9. The molecule has 2 N–H and O–H groups in total. The predicted octanol–water partition coefficient (Wildman–Crippen LogP) is 2.72. The molecule has 4 heterocycles. The Morgan fingerprint density at radius 2 is 1.41 bits per heavy atom. The second-order valence-corrected chi connectivity index (χ2v) is 10.0. The van der Waals surface area contributed by atoms with Crippen molar-refractivity contribution >= 4 is 28.8 Å². The topological polar surface area (TPSA) is 119 Å². The number of morpholine rings is 1. The molecule has 0 saturated carbocycles. The number of rotatable bonds is 7. The standard InChI is InChI=1S/C28H31F2N9O2/c29-24(30)25-32-21-8-4-5-9-22(21)39(25)28-34-26(33-27(35-28)38-14-16-41-17-15-38)37-12-10-36(11-13-37)23(40)18-20(31)19-6-2-1-3-7-19/h1-9,20,24H,10-18,31H2/t20-/m0/s1. The first kappa shape index (κ1) is 27.0. The molecule has 41 heavy (non-hydrogen) atoms. The summed E-state index contributed by atoms with van der Waals surface area (Å²) in [7, 11) is 0. The minimum absolute atomic E-state index is 0.0159. The van der Waals surface area contributed by atoms with Crippen molar-refractivity contribution in [1.29, 1.82) is 0 Å². The van der Waals surface area contributed by atoms with E-state index in [1.165, 1.54) is 4.57 Å². The molecule has 0 spiro atoms. The summed E-state index contributed by atoms with van der Waals surface area (Å²) in [4.78, 5) is 36.9. The van der Waals surface area contributed by atoms with Gasteiger partial charge in [-0.05, 0) is 17.7 Å². The first-order valence-corrected chi connectivity index (χ1v) is 13.7. The number of carbonyl (C=O) groups excluding carboxylic acids is 1. The first-order chi connectivity index (χ1) is 20.0. The van der Waals surface area contributed by atoms with Crippen LogP contribution in [0.1, 0.15) is 30.3 Å². The van der Waals surface area contributed by atoms with E-state index in [9.17, 15) is 13.6 Å². The molecule has 2 saturated heterocycles. The number of nitrogens with two attached hydrogens (primary N) is 1. The van der Waals surface area contributed by atoms with Gasteiger partial charge in [0, 0.05) is 51.7 Å². The van der Waals surface area contributed by atoms with E-state index in [0.717, 1.165) is 5.56 Å². The van der Waals surface area contributed by atoms with Gasteiger partial charge in [-0.2, -0.15) is 15.0 Å². The number of carbonyl (C=O) groups is 1. The highest BCUT2D eigenvalue weighted by Crippen LogP contribution is 2.28. The van der Waals surface area contributed by atoms with Gasteiger partial charge >= 0.3 is 0 Å². The van der Waals surface area contributed by atoms with Crippen LogP contribution in [0.2, 0.25) is 0 Å². The Bertz CT molecular complexity index is 1500. The number of imidazole rings is 1. The van der Waals surface area contributed by atoms with Gasteiger partial charge in [0.1, 0.15) is 0 Å². The number of hydrogen-bond donors (Lipinski definition) is 1. The Morgan fingerprint density at radius 3 is 2.10 bits per heavy atom. The lowest BCUT2D eigenvalue weighted by molar-refractivity contribution is -0.131. The van der Waals surface area contributed by atoms with Gasteiger partial charge in [0.15, 0.2) is 5.82 Å². The molecule has 2 fully saturated rings. The molecule has 214 valence electrons. The first-order valence-electron chi connectivity index (χ1n) is 13.7. The molecule has 2 aromatic heterocycles. The smallest absolute Gasteiger partial charge is 0.296 e. The predicted molar refractivity (Wildman–Crippen MR) is 149 cm³/mol. The minimum Gasteiger partial charge on any atom is -0.378 e. The van der Waals surface area contributed by atoms with E-state index in [1.807, 2.05) is 40.1 Å². The fraction of sp³-hybridized carbons (Fsp3) is 0.393. The van der Waals surface area contributed by atoms with Gasteiger partial charge in [-0.1, -0.05) is 42.5 Å². The van der Waals surface area contributed by atoms with Gasteiger partial charge in [0.05, 0.1) is 24.2 Å². The number of halogens is 2. The number of anilines is 2. The zero-order valence-corrected chi connectivity index (χ0v) is 22.4. The van der Waals surface area contributed by atoms with Crippen LogP contribution in [0.15, 0.2) is 54.6 Å². The summed E-state index contributed by atoms with van der Waals surface area (Å²) in [5.41, 5.74) is 8.12. The van der Waals surface area contributed by atoms with Crippen molar-refractivity contribution in [2.75, 3.05) is 62.3 Å². The van der Waals surface area contributed by atoms with E-state index >= 15 is 0 Å². The molecule has 6 rings (SSSR count). The van der Waals surface area contributed by atoms with Gasteiger partial charge in [0.2, 0.25) is 23.8 Å². The number of alkyl halides is 2. The number of amides is 1. The van der Waals surface area contributed by atoms with E-state index in [0.29, 0.717) is 75.4 Å². The molecule has 13 heteroatoms. The van der Waals surface area contributed by atoms with Gasteiger partial charge < -0.3 is 25.2 Å². The number of fused-ring (bicyclic) bond motifs is 1. The van der Waals surface area contributed by atoms with Crippen LogP contribution in [0.5, 0.6) is 0 Å². The average Bonchev–Trinajstić information content (AvgIpc) is 3.42. The molecular weight excluding hydrogens is 532 g/mol. The van der Waals surface area contributed by atoms with Crippen LogP contribution in [-0.4, -0.2) is 87.8 Å². The van der Waals surface area contributed by atoms with Gasteiger partial charge in [-0.3, -0.25) is 9.36 Å². The fourth-order valence-corrected chi connectivity index (χ4v) is 5.18. The lowest BCUT2D eigenvalue weighted by atomic mass is 10.0. The van der Waals surface area contributed by atoms with Crippen LogP contribution in [0, 0.1) is 0 Å². The summed E-state index contributed by atoms with van der Waals surface area (Å²) in [6.07, 6.45) is -2.61. The van der Waals surface area contributed by atoms with E-state index in [4.69, 9.17) is 15.5 Å². The second kappa shape index (κ2) is 11.7. The number of para-hydroxylation sites is 2. The molecule has 0 bridgehead atoms. The maximum atomic E-state index is 14.1. The van der Waals surface area contributed by atoms with Crippen molar-refractivity contribution < 1.29 is 18.3 Å². The van der Waals surface area contributed by atoms with E-state index in [1.54, 1.807) is 29.2 Å². The Kier molecular flexibility index (Phi) is 7.70. The van der Waals surface area contributed by atoms with Gasteiger partial charge in [-0.15, -0.1) is 0 Å². The van der Waals surface area contributed by atoms with E-state index in [2.05, 4.69) is 15.0 Å². The Labute approximate surface area is 235 Å². The fourth-order valence-electron chi connectivity index (χ4n) is 5.18. The molecule has 1 atom stereocenters. The average molecular weight is 564 g/mol. The van der Waals surface area contributed by atoms with Crippen LogP contribution in [-0.2, 0) is 9.53 Å². The van der Waals surface area contributed by atoms with Crippen LogP contribution in [0.4, 0.5) is 20.7 Å². The summed E-state index contributed by atoms with van der Waals surface area (Å²) in [5, 5.41) is 0. The van der Waals surface area contributed by atoms with Crippen molar-refractivity contribution in [3.8, 4) is 5.95 Å². The number of nitrogens with zero attached hydrogens (tertiary/aromatic N) is 8. The summed E-state index contributed by atoms with van der Waals surface area (Å²) in [5.74, 6) is 0.383. The minimum atomic E-state index is -2.83. The third-order valence-corrected chi connectivity index (χ3v) is 7.41. The molecule has 4 aromatic rings. The molecule has 0 unspecified atom stereocenters. The number of benzene rings is 2. The molecule has 11 nitrogen and oxygen atoms in total. The number of aromatic nitrogens is 5. The molecule has 2 aliphatic heterocycles. The van der Waals surface area contributed by atoms with Crippen molar-refractivity contribution in [1.82, 2.24) is 29.4 Å². The van der Waals surface area contributed by atoms with Crippen LogP contribution in [0.3, 0.4) is 0 Å². The zero-order chi connectivity index (χ0) is 28.3. The highest BCUT2D eigenvalue weighted by Gasteiger charge is 2.28. The zero-order valence-electron chi connectivity index (χ0n) is 22.4. The van der Waals surface area contributed by atoms with Crippen LogP contribution >= 0.6 is 0 Å². The Balaban J connectivity index is 1.27.